The van der Waals surface area contributed by atoms with E-state index in [2.05, 4.69) is 5.32 Å². The van der Waals surface area contributed by atoms with Crippen LogP contribution in [-0.4, -0.2) is 11.8 Å². The van der Waals surface area contributed by atoms with E-state index in [1.165, 1.54) is 0 Å². The molecule has 0 saturated carbocycles. The number of benzene rings is 3. The van der Waals surface area contributed by atoms with Crippen molar-refractivity contribution in [2.45, 2.75) is 13.5 Å². The lowest BCUT2D eigenvalue weighted by molar-refractivity contribution is -0.114. The molecule has 1 heterocycles. The summed E-state index contributed by atoms with van der Waals surface area (Å²) in [5.74, 6) is -0.996. The quantitative estimate of drug-likeness (QED) is 0.464. The predicted molar refractivity (Wildman–Crippen MR) is 121 cm³/mol. The summed E-state index contributed by atoms with van der Waals surface area (Å²) in [5.41, 5.74) is 3.62. The standard InChI is InChI=1S/C25H18ClN3O2/c1-16-6-12-19(13-7-16)28-24(30)21(14-27)23-20-4-2-3-5-22(20)29(25(23)31)15-17-8-10-18(26)11-9-17/h2-13H,15H2,1H3,(H,28,30). The van der Waals surface area contributed by atoms with Gasteiger partial charge in [0.25, 0.3) is 11.8 Å². The second kappa shape index (κ2) is 8.47. The summed E-state index contributed by atoms with van der Waals surface area (Å²) in [4.78, 5) is 27.8. The summed E-state index contributed by atoms with van der Waals surface area (Å²) in [5, 5.41) is 13.1. The van der Waals surface area contributed by atoms with Crippen molar-refractivity contribution in [3.8, 4) is 6.07 Å². The molecule has 3 aromatic rings. The number of anilines is 2. The molecule has 1 aliphatic rings. The Kier molecular flexibility index (Phi) is 5.57. The lowest BCUT2D eigenvalue weighted by Gasteiger charge is -2.17. The van der Waals surface area contributed by atoms with Crippen LogP contribution in [0.3, 0.4) is 0 Å². The number of carbonyl (C=O) groups is 2. The fraction of sp³-hybridized carbons (Fsp3) is 0.0800. The van der Waals surface area contributed by atoms with Crippen LogP contribution in [0, 0.1) is 18.3 Å². The van der Waals surface area contributed by atoms with Gasteiger partial charge in [0.1, 0.15) is 11.6 Å². The molecule has 0 aliphatic carbocycles. The number of rotatable bonds is 4. The van der Waals surface area contributed by atoms with Crippen LogP contribution in [0.1, 0.15) is 16.7 Å². The van der Waals surface area contributed by atoms with E-state index in [9.17, 15) is 14.9 Å². The van der Waals surface area contributed by atoms with Crippen LogP contribution in [-0.2, 0) is 16.1 Å². The van der Waals surface area contributed by atoms with Gasteiger partial charge in [-0.3, -0.25) is 9.59 Å². The molecule has 4 rings (SSSR count). The van der Waals surface area contributed by atoms with Gasteiger partial charge in [0.05, 0.1) is 17.8 Å². The van der Waals surface area contributed by atoms with E-state index < -0.39 is 5.91 Å². The molecule has 0 bridgehead atoms. The predicted octanol–water partition coefficient (Wildman–Crippen LogP) is 5.11. The lowest BCUT2D eigenvalue weighted by Crippen LogP contribution is -2.27. The van der Waals surface area contributed by atoms with Crippen LogP contribution in [0.15, 0.2) is 78.4 Å². The zero-order valence-corrected chi connectivity index (χ0v) is 17.5. The highest BCUT2D eigenvalue weighted by Crippen LogP contribution is 2.39. The fourth-order valence-electron chi connectivity index (χ4n) is 3.50. The Balaban J connectivity index is 1.72. The first-order valence-electron chi connectivity index (χ1n) is 9.66. The molecule has 5 nitrogen and oxygen atoms in total. The maximum absolute atomic E-state index is 13.3. The number of aryl methyl sites for hydroxylation is 1. The number of amides is 2. The smallest absolute Gasteiger partial charge is 0.267 e. The van der Waals surface area contributed by atoms with E-state index in [0.29, 0.717) is 28.5 Å². The molecule has 6 heteroatoms. The molecular formula is C25H18ClN3O2. The monoisotopic (exact) mass is 427 g/mol. The molecule has 0 unspecified atom stereocenters. The van der Waals surface area contributed by atoms with E-state index in [1.54, 1.807) is 41.3 Å². The Hall–Kier alpha value is -3.88. The number of halogens is 1. The van der Waals surface area contributed by atoms with Crippen molar-refractivity contribution in [3.05, 3.63) is 100 Å². The summed E-state index contributed by atoms with van der Waals surface area (Å²) in [6.45, 7) is 2.24. The van der Waals surface area contributed by atoms with Crippen LogP contribution in [0.2, 0.25) is 5.02 Å². The van der Waals surface area contributed by atoms with Gasteiger partial charge in [-0.2, -0.15) is 5.26 Å². The summed E-state index contributed by atoms with van der Waals surface area (Å²) < 4.78 is 0. The van der Waals surface area contributed by atoms with Gasteiger partial charge < -0.3 is 10.2 Å². The molecule has 0 saturated heterocycles. The highest BCUT2D eigenvalue weighted by atomic mass is 35.5. The van der Waals surface area contributed by atoms with E-state index >= 15 is 0 Å². The Morgan fingerprint density at radius 2 is 1.71 bits per heavy atom. The second-order valence-electron chi connectivity index (χ2n) is 7.22. The highest BCUT2D eigenvalue weighted by molar-refractivity contribution is 6.37. The number of hydrogen-bond donors (Lipinski definition) is 1. The minimum Gasteiger partial charge on any atom is -0.321 e. The van der Waals surface area contributed by atoms with Gasteiger partial charge >= 0.3 is 0 Å². The third-order valence-corrected chi connectivity index (χ3v) is 5.33. The van der Waals surface area contributed by atoms with Gasteiger partial charge in [0.2, 0.25) is 0 Å². The zero-order valence-electron chi connectivity index (χ0n) is 16.7. The number of carbonyl (C=O) groups excluding carboxylic acids is 2. The van der Waals surface area contributed by atoms with E-state index in [4.69, 9.17) is 11.6 Å². The van der Waals surface area contributed by atoms with Crippen molar-refractivity contribution >= 4 is 40.4 Å². The zero-order chi connectivity index (χ0) is 22.0. The molecule has 0 aromatic heterocycles. The van der Waals surface area contributed by atoms with Gasteiger partial charge in [-0.15, -0.1) is 0 Å². The van der Waals surface area contributed by atoms with Gasteiger partial charge in [-0.05, 0) is 42.8 Å². The van der Waals surface area contributed by atoms with Crippen LogP contribution in [0.4, 0.5) is 11.4 Å². The third kappa shape index (κ3) is 4.07. The van der Waals surface area contributed by atoms with Crippen molar-refractivity contribution in [1.82, 2.24) is 0 Å². The molecule has 1 N–H and O–H groups in total. The minimum absolute atomic E-state index is 0.108. The number of para-hydroxylation sites is 1. The minimum atomic E-state index is -0.613. The number of nitrogens with zero attached hydrogens (tertiary/aromatic N) is 2. The molecular weight excluding hydrogens is 410 g/mol. The Morgan fingerprint density at radius 3 is 2.39 bits per heavy atom. The first-order valence-corrected chi connectivity index (χ1v) is 10.0. The van der Waals surface area contributed by atoms with E-state index in [1.807, 2.05) is 49.4 Å². The van der Waals surface area contributed by atoms with Crippen LogP contribution in [0.5, 0.6) is 0 Å². The second-order valence-corrected chi connectivity index (χ2v) is 7.65. The molecule has 0 atom stereocenters. The maximum Gasteiger partial charge on any atom is 0.267 e. The Morgan fingerprint density at radius 1 is 1.03 bits per heavy atom. The summed E-state index contributed by atoms with van der Waals surface area (Å²) in [7, 11) is 0. The first kappa shape index (κ1) is 20.4. The Labute approximate surface area is 185 Å². The van der Waals surface area contributed by atoms with Crippen LogP contribution >= 0.6 is 11.6 Å². The molecule has 31 heavy (non-hydrogen) atoms. The topological polar surface area (TPSA) is 73.2 Å². The Bertz CT molecular complexity index is 1240. The molecule has 0 fully saturated rings. The van der Waals surface area contributed by atoms with Gasteiger partial charge in [-0.1, -0.05) is 59.6 Å². The highest BCUT2D eigenvalue weighted by Gasteiger charge is 2.36. The molecule has 152 valence electrons. The van der Waals surface area contributed by atoms with E-state index in [-0.39, 0.29) is 17.1 Å². The molecule has 0 spiro atoms. The number of hydrogen-bond acceptors (Lipinski definition) is 3. The van der Waals surface area contributed by atoms with Gasteiger partial charge in [0, 0.05) is 16.3 Å². The van der Waals surface area contributed by atoms with Crippen molar-refractivity contribution < 1.29 is 9.59 Å². The van der Waals surface area contributed by atoms with Crippen molar-refractivity contribution in [2.75, 3.05) is 10.2 Å². The SMILES string of the molecule is Cc1ccc(NC(=O)C(C#N)=C2C(=O)N(Cc3ccc(Cl)cc3)c3ccccc32)cc1. The third-order valence-electron chi connectivity index (χ3n) is 5.08. The fourth-order valence-corrected chi connectivity index (χ4v) is 3.63. The lowest BCUT2D eigenvalue weighted by atomic mass is 10.0. The van der Waals surface area contributed by atoms with Crippen LogP contribution in [0.25, 0.3) is 5.57 Å². The summed E-state index contributed by atoms with van der Waals surface area (Å²) in [6.07, 6.45) is 0. The van der Waals surface area contributed by atoms with Crippen molar-refractivity contribution in [1.29, 1.82) is 5.26 Å². The number of nitrogens with one attached hydrogen (secondary N) is 1. The van der Waals surface area contributed by atoms with Crippen LogP contribution < -0.4 is 10.2 Å². The largest absolute Gasteiger partial charge is 0.321 e. The molecule has 3 aromatic carbocycles. The van der Waals surface area contributed by atoms with Crippen molar-refractivity contribution in [2.24, 2.45) is 0 Å². The maximum atomic E-state index is 13.3. The van der Waals surface area contributed by atoms with Crippen molar-refractivity contribution in [3.63, 3.8) is 0 Å². The first-order chi connectivity index (χ1) is 15.0. The number of nitriles is 1. The normalized spacial score (nSPS) is 14.1. The van der Waals surface area contributed by atoms with E-state index in [0.717, 1.165) is 11.1 Å². The summed E-state index contributed by atoms with van der Waals surface area (Å²) >= 11 is 5.96. The molecule has 2 amide bonds. The van der Waals surface area contributed by atoms with Gasteiger partial charge in [0.15, 0.2) is 0 Å². The molecule has 0 radical (unpaired) electrons. The average molecular weight is 428 g/mol. The average Bonchev–Trinajstić information content (AvgIpc) is 3.04. The van der Waals surface area contributed by atoms with Gasteiger partial charge in [-0.25, -0.2) is 0 Å². The molecule has 1 aliphatic heterocycles. The number of fused-ring (bicyclic) bond motifs is 1. The summed E-state index contributed by atoms with van der Waals surface area (Å²) in [6, 6.07) is 23.5.